The lowest BCUT2D eigenvalue weighted by atomic mass is 9.83. The Hall–Kier alpha value is -1.55. The Morgan fingerprint density at radius 1 is 1.30 bits per heavy atom. The molecule has 110 valence electrons. The van der Waals surface area contributed by atoms with E-state index in [9.17, 15) is 4.79 Å². The van der Waals surface area contributed by atoms with Gasteiger partial charge in [0, 0.05) is 18.5 Å². The molecular formula is C16H23NO3. The summed E-state index contributed by atoms with van der Waals surface area (Å²) in [5.74, 6) is -0.189. The SMILES string of the molecule is CCOC(=O)C1(Nc2ccccc2)CC(C)OC(C)C1. The average molecular weight is 277 g/mol. The molecule has 4 heteroatoms. The molecule has 0 aromatic heterocycles. The van der Waals surface area contributed by atoms with Gasteiger partial charge in [-0.05, 0) is 32.9 Å². The van der Waals surface area contributed by atoms with Gasteiger partial charge in [-0.15, -0.1) is 0 Å². The number of anilines is 1. The minimum absolute atomic E-state index is 0.0272. The number of nitrogens with one attached hydrogen (secondary N) is 1. The predicted molar refractivity (Wildman–Crippen MR) is 78.7 cm³/mol. The van der Waals surface area contributed by atoms with Crippen molar-refractivity contribution in [3.8, 4) is 0 Å². The number of para-hydroxylation sites is 1. The van der Waals surface area contributed by atoms with Crippen LogP contribution in [0.2, 0.25) is 0 Å². The second-order valence-electron chi connectivity index (χ2n) is 5.46. The average Bonchev–Trinajstić information content (AvgIpc) is 2.39. The lowest BCUT2D eigenvalue weighted by molar-refractivity contribution is -0.157. The summed E-state index contributed by atoms with van der Waals surface area (Å²) in [4.78, 5) is 12.5. The summed E-state index contributed by atoms with van der Waals surface area (Å²) >= 11 is 0. The molecule has 1 saturated heterocycles. The van der Waals surface area contributed by atoms with E-state index in [1.165, 1.54) is 0 Å². The largest absolute Gasteiger partial charge is 0.464 e. The smallest absolute Gasteiger partial charge is 0.331 e. The molecule has 1 aliphatic rings. The normalized spacial score (nSPS) is 29.8. The molecule has 2 atom stereocenters. The summed E-state index contributed by atoms with van der Waals surface area (Å²) in [6, 6.07) is 9.79. The summed E-state index contributed by atoms with van der Waals surface area (Å²) < 4.78 is 11.1. The first-order valence-corrected chi connectivity index (χ1v) is 7.21. The van der Waals surface area contributed by atoms with Gasteiger partial charge in [0.1, 0.15) is 5.54 Å². The highest BCUT2D eigenvalue weighted by atomic mass is 16.5. The van der Waals surface area contributed by atoms with Crippen molar-refractivity contribution in [1.29, 1.82) is 0 Å². The zero-order valence-electron chi connectivity index (χ0n) is 12.4. The molecule has 0 amide bonds. The third-order valence-corrected chi connectivity index (χ3v) is 3.56. The Kier molecular flexibility index (Phi) is 4.65. The summed E-state index contributed by atoms with van der Waals surface area (Å²) in [5.41, 5.74) is 0.232. The van der Waals surface area contributed by atoms with Gasteiger partial charge in [-0.25, -0.2) is 4.79 Å². The lowest BCUT2D eigenvalue weighted by Gasteiger charge is -2.41. The van der Waals surface area contributed by atoms with E-state index in [-0.39, 0.29) is 18.2 Å². The molecule has 4 nitrogen and oxygen atoms in total. The van der Waals surface area contributed by atoms with E-state index in [0.29, 0.717) is 19.4 Å². The third-order valence-electron chi connectivity index (χ3n) is 3.56. The fourth-order valence-electron chi connectivity index (χ4n) is 2.94. The number of esters is 1. The van der Waals surface area contributed by atoms with Crippen molar-refractivity contribution in [1.82, 2.24) is 0 Å². The van der Waals surface area contributed by atoms with E-state index in [1.807, 2.05) is 51.1 Å². The molecule has 0 aliphatic carbocycles. The molecule has 0 saturated carbocycles. The molecule has 1 aliphatic heterocycles. The van der Waals surface area contributed by atoms with Gasteiger partial charge in [0.15, 0.2) is 0 Å². The van der Waals surface area contributed by atoms with Crippen molar-refractivity contribution in [3.63, 3.8) is 0 Å². The molecular weight excluding hydrogens is 254 g/mol. The number of carbonyl (C=O) groups is 1. The number of hydrogen-bond acceptors (Lipinski definition) is 4. The number of benzene rings is 1. The van der Waals surface area contributed by atoms with Gasteiger partial charge in [-0.1, -0.05) is 18.2 Å². The molecule has 2 rings (SSSR count). The zero-order valence-corrected chi connectivity index (χ0v) is 12.4. The van der Waals surface area contributed by atoms with Crippen LogP contribution in [0.15, 0.2) is 30.3 Å². The fraction of sp³-hybridized carbons (Fsp3) is 0.562. The lowest BCUT2D eigenvalue weighted by Crippen LogP contribution is -2.55. The van der Waals surface area contributed by atoms with Crippen LogP contribution in [0, 0.1) is 0 Å². The van der Waals surface area contributed by atoms with E-state index in [1.54, 1.807) is 0 Å². The molecule has 20 heavy (non-hydrogen) atoms. The molecule has 1 fully saturated rings. The van der Waals surface area contributed by atoms with Crippen LogP contribution < -0.4 is 5.32 Å². The summed E-state index contributed by atoms with van der Waals surface area (Å²) in [5, 5.41) is 3.39. The Morgan fingerprint density at radius 3 is 2.45 bits per heavy atom. The predicted octanol–water partition coefficient (Wildman–Crippen LogP) is 2.99. The van der Waals surface area contributed by atoms with Crippen LogP contribution in [0.5, 0.6) is 0 Å². The minimum atomic E-state index is -0.700. The first-order chi connectivity index (χ1) is 9.55. The summed E-state index contributed by atoms with van der Waals surface area (Å²) in [7, 11) is 0. The summed E-state index contributed by atoms with van der Waals surface area (Å²) in [6.07, 6.45) is 1.29. The van der Waals surface area contributed by atoms with Crippen molar-refractivity contribution in [2.24, 2.45) is 0 Å². The van der Waals surface area contributed by atoms with Crippen molar-refractivity contribution < 1.29 is 14.3 Å². The van der Waals surface area contributed by atoms with Crippen LogP contribution in [-0.4, -0.2) is 30.3 Å². The van der Waals surface area contributed by atoms with Gasteiger partial charge in [0.05, 0.1) is 18.8 Å². The van der Waals surface area contributed by atoms with Crippen LogP contribution in [0.4, 0.5) is 5.69 Å². The Bertz CT molecular complexity index is 436. The monoisotopic (exact) mass is 277 g/mol. The van der Waals surface area contributed by atoms with Gasteiger partial charge in [-0.2, -0.15) is 0 Å². The quantitative estimate of drug-likeness (QED) is 0.860. The van der Waals surface area contributed by atoms with Gasteiger partial charge in [0.2, 0.25) is 0 Å². The highest BCUT2D eigenvalue weighted by molar-refractivity contribution is 5.85. The molecule has 1 aromatic rings. The number of rotatable bonds is 4. The van der Waals surface area contributed by atoms with Gasteiger partial charge in [-0.3, -0.25) is 0 Å². The van der Waals surface area contributed by atoms with Crippen LogP contribution in [0.3, 0.4) is 0 Å². The molecule has 1 aromatic carbocycles. The first kappa shape index (κ1) is 14.9. The number of ether oxygens (including phenoxy) is 2. The molecule has 1 heterocycles. The first-order valence-electron chi connectivity index (χ1n) is 7.21. The van der Waals surface area contributed by atoms with Crippen LogP contribution >= 0.6 is 0 Å². The molecule has 0 bridgehead atoms. The third kappa shape index (κ3) is 3.31. The number of carbonyl (C=O) groups excluding carboxylic acids is 1. The minimum Gasteiger partial charge on any atom is -0.464 e. The molecule has 1 N–H and O–H groups in total. The van der Waals surface area contributed by atoms with Crippen LogP contribution in [-0.2, 0) is 14.3 Å². The van der Waals surface area contributed by atoms with Crippen molar-refractivity contribution in [2.45, 2.75) is 51.4 Å². The topological polar surface area (TPSA) is 47.6 Å². The van der Waals surface area contributed by atoms with E-state index >= 15 is 0 Å². The van der Waals surface area contributed by atoms with Gasteiger partial charge < -0.3 is 14.8 Å². The van der Waals surface area contributed by atoms with Gasteiger partial charge >= 0.3 is 5.97 Å². The highest BCUT2D eigenvalue weighted by Crippen LogP contribution is 2.33. The van der Waals surface area contributed by atoms with E-state index in [2.05, 4.69) is 5.32 Å². The standard InChI is InChI=1S/C16H23NO3/c1-4-19-15(18)16(10-12(2)20-13(3)11-16)17-14-8-6-5-7-9-14/h5-9,12-13,17H,4,10-11H2,1-3H3. The second-order valence-corrected chi connectivity index (χ2v) is 5.46. The Morgan fingerprint density at radius 2 is 1.90 bits per heavy atom. The summed E-state index contributed by atoms with van der Waals surface area (Å²) in [6.45, 7) is 6.22. The fourth-order valence-corrected chi connectivity index (χ4v) is 2.94. The Labute approximate surface area is 120 Å². The van der Waals surface area contributed by atoms with E-state index in [4.69, 9.17) is 9.47 Å². The maximum Gasteiger partial charge on any atom is 0.331 e. The van der Waals surface area contributed by atoms with Crippen molar-refractivity contribution in [3.05, 3.63) is 30.3 Å². The van der Waals surface area contributed by atoms with Crippen molar-refractivity contribution >= 4 is 11.7 Å². The maximum atomic E-state index is 12.5. The number of hydrogen-bond donors (Lipinski definition) is 1. The van der Waals surface area contributed by atoms with Crippen LogP contribution in [0.25, 0.3) is 0 Å². The second kappa shape index (κ2) is 6.27. The molecule has 0 spiro atoms. The highest BCUT2D eigenvalue weighted by Gasteiger charge is 2.46. The Balaban J connectivity index is 2.26. The van der Waals surface area contributed by atoms with Crippen LogP contribution in [0.1, 0.15) is 33.6 Å². The van der Waals surface area contributed by atoms with Crippen molar-refractivity contribution in [2.75, 3.05) is 11.9 Å². The molecule has 0 radical (unpaired) electrons. The van der Waals surface area contributed by atoms with E-state index in [0.717, 1.165) is 5.69 Å². The van der Waals surface area contributed by atoms with E-state index < -0.39 is 5.54 Å². The zero-order chi connectivity index (χ0) is 14.6. The maximum absolute atomic E-state index is 12.5. The van der Waals surface area contributed by atoms with Gasteiger partial charge in [0.25, 0.3) is 0 Å². The molecule has 2 unspecified atom stereocenters.